The molecule has 0 bridgehead atoms. The van der Waals surface area contributed by atoms with Gasteiger partial charge in [-0.05, 0) is 55.3 Å². The lowest BCUT2D eigenvalue weighted by Crippen LogP contribution is -2.12. The van der Waals surface area contributed by atoms with Crippen molar-refractivity contribution in [2.75, 3.05) is 6.61 Å². The maximum absolute atomic E-state index is 12.4. The van der Waals surface area contributed by atoms with Crippen LogP contribution in [0.15, 0.2) is 59.4 Å². The fourth-order valence-electron chi connectivity index (χ4n) is 2.68. The number of hydrogen-bond donors (Lipinski definition) is 1. The van der Waals surface area contributed by atoms with E-state index in [1.807, 2.05) is 74.5 Å². The van der Waals surface area contributed by atoms with Crippen molar-refractivity contribution in [2.24, 2.45) is 0 Å². The van der Waals surface area contributed by atoms with Gasteiger partial charge in [-0.2, -0.15) is 5.26 Å². The van der Waals surface area contributed by atoms with Crippen LogP contribution in [0.25, 0.3) is 22.4 Å². The molecule has 2 aromatic carbocycles. The van der Waals surface area contributed by atoms with E-state index < -0.39 is 0 Å². The van der Waals surface area contributed by atoms with Crippen molar-refractivity contribution in [1.29, 1.82) is 5.26 Å². The molecule has 25 heavy (non-hydrogen) atoms. The van der Waals surface area contributed by atoms with E-state index in [0.717, 1.165) is 22.4 Å². The number of pyridine rings is 1. The van der Waals surface area contributed by atoms with E-state index in [4.69, 9.17) is 4.74 Å². The van der Waals surface area contributed by atoms with Crippen LogP contribution < -0.4 is 10.3 Å². The topological polar surface area (TPSA) is 65.9 Å². The van der Waals surface area contributed by atoms with Crippen molar-refractivity contribution < 1.29 is 4.74 Å². The first kappa shape index (κ1) is 16.5. The highest BCUT2D eigenvalue weighted by Crippen LogP contribution is 2.27. The van der Waals surface area contributed by atoms with Crippen LogP contribution in [-0.2, 0) is 0 Å². The number of benzene rings is 2. The molecule has 3 rings (SSSR count). The molecule has 0 aliphatic carbocycles. The number of nitrogens with one attached hydrogen (secondary N) is 1. The number of nitrogens with zero attached hydrogens (tertiary/aromatic N) is 1. The van der Waals surface area contributed by atoms with Crippen LogP contribution in [0.5, 0.6) is 5.75 Å². The summed E-state index contributed by atoms with van der Waals surface area (Å²) in [7, 11) is 0. The zero-order valence-electron chi connectivity index (χ0n) is 14.2. The van der Waals surface area contributed by atoms with Gasteiger partial charge in [-0.3, -0.25) is 4.79 Å². The lowest BCUT2D eigenvalue weighted by atomic mass is 9.98. The van der Waals surface area contributed by atoms with E-state index in [-0.39, 0.29) is 11.1 Å². The number of aromatic amines is 1. The van der Waals surface area contributed by atoms with Crippen molar-refractivity contribution >= 4 is 0 Å². The molecule has 0 atom stereocenters. The van der Waals surface area contributed by atoms with Crippen molar-refractivity contribution in [3.05, 3.63) is 76.1 Å². The second-order valence-corrected chi connectivity index (χ2v) is 5.74. The fourth-order valence-corrected chi connectivity index (χ4v) is 2.68. The van der Waals surface area contributed by atoms with Crippen molar-refractivity contribution in [3.63, 3.8) is 0 Å². The molecule has 0 unspecified atom stereocenters. The van der Waals surface area contributed by atoms with Crippen LogP contribution in [0.2, 0.25) is 0 Å². The number of nitriles is 1. The first-order valence-corrected chi connectivity index (χ1v) is 8.10. The summed E-state index contributed by atoms with van der Waals surface area (Å²) in [5.41, 5.74) is 3.87. The number of aromatic nitrogens is 1. The zero-order chi connectivity index (χ0) is 17.8. The lowest BCUT2D eigenvalue weighted by Gasteiger charge is -2.09. The predicted octanol–water partition coefficient (Wildman–Crippen LogP) is 4.29. The molecule has 1 heterocycles. The Kier molecular flexibility index (Phi) is 4.67. The SMILES string of the molecule is CCOc1ccc(-c2cc(-c3ccc(C)cc3)c(C#N)c(=O)[nH]2)cc1. The first-order chi connectivity index (χ1) is 12.1. The molecule has 0 fully saturated rings. The fraction of sp³-hybridized carbons (Fsp3) is 0.143. The monoisotopic (exact) mass is 330 g/mol. The molecule has 0 aliphatic rings. The van der Waals surface area contributed by atoms with Crippen LogP contribution in [0.3, 0.4) is 0 Å². The third kappa shape index (κ3) is 3.46. The van der Waals surface area contributed by atoms with Gasteiger partial charge in [-0.25, -0.2) is 0 Å². The van der Waals surface area contributed by atoms with E-state index in [0.29, 0.717) is 17.9 Å². The smallest absolute Gasteiger partial charge is 0.266 e. The minimum Gasteiger partial charge on any atom is -0.494 e. The molecule has 0 saturated carbocycles. The maximum Gasteiger partial charge on any atom is 0.266 e. The number of aryl methyl sites for hydroxylation is 1. The molecule has 0 amide bonds. The molecule has 1 N–H and O–H groups in total. The van der Waals surface area contributed by atoms with Gasteiger partial charge >= 0.3 is 0 Å². The number of hydrogen-bond acceptors (Lipinski definition) is 3. The number of ether oxygens (including phenoxy) is 1. The molecule has 4 heteroatoms. The standard InChI is InChI=1S/C21H18N2O2/c1-3-25-17-10-8-16(9-11-17)20-12-18(19(13-22)21(24)23-20)15-6-4-14(2)5-7-15/h4-12H,3H2,1-2H3,(H,23,24). The molecule has 0 aliphatic heterocycles. The summed E-state index contributed by atoms with van der Waals surface area (Å²) >= 11 is 0. The van der Waals surface area contributed by atoms with Crippen molar-refractivity contribution in [1.82, 2.24) is 4.98 Å². The average Bonchev–Trinajstić information content (AvgIpc) is 2.62. The second kappa shape index (κ2) is 7.06. The summed E-state index contributed by atoms with van der Waals surface area (Å²) in [5.74, 6) is 0.779. The second-order valence-electron chi connectivity index (χ2n) is 5.74. The normalized spacial score (nSPS) is 10.3. The van der Waals surface area contributed by atoms with Gasteiger partial charge in [0.2, 0.25) is 0 Å². The summed E-state index contributed by atoms with van der Waals surface area (Å²) in [5, 5.41) is 9.39. The van der Waals surface area contributed by atoms with E-state index in [2.05, 4.69) is 4.98 Å². The maximum atomic E-state index is 12.4. The van der Waals surface area contributed by atoms with Crippen LogP contribution in [0.4, 0.5) is 0 Å². The van der Waals surface area contributed by atoms with E-state index in [1.165, 1.54) is 0 Å². The van der Waals surface area contributed by atoms with Crippen LogP contribution >= 0.6 is 0 Å². The molecule has 1 aromatic heterocycles. The average molecular weight is 330 g/mol. The summed E-state index contributed by atoms with van der Waals surface area (Å²) in [4.78, 5) is 15.2. The van der Waals surface area contributed by atoms with Crippen molar-refractivity contribution in [2.45, 2.75) is 13.8 Å². The third-order valence-electron chi connectivity index (χ3n) is 3.98. The molecule has 4 nitrogen and oxygen atoms in total. The Hall–Kier alpha value is -3.32. The molecular formula is C21H18N2O2. The number of rotatable bonds is 4. The third-order valence-corrected chi connectivity index (χ3v) is 3.98. The lowest BCUT2D eigenvalue weighted by molar-refractivity contribution is 0.340. The van der Waals surface area contributed by atoms with Gasteiger partial charge in [0, 0.05) is 11.3 Å². The molecule has 0 saturated heterocycles. The van der Waals surface area contributed by atoms with E-state index in [9.17, 15) is 10.1 Å². The summed E-state index contributed by atoms with van der Waals surface area (Å²) in [6.45, 7) is 4.53. The highest BCUT2D eigenvalue weighted by atomic mass is 16.5. The summed E-state index contributed by atoms with van der Waals surface area (Å²) in [6.07, 6.45) is 0. The number of H-pyrrole nitrogens is 1. The Morgan fingerprint density at radius 1 is 1.04 bits per heavy atom. The summed E-state index contributed by atoms with van der Waals surface area (Å²) < 4.78 is 5.45. The van der Waals surface area contributed by atoms with Gasteiger partial charge in [-0.15, -0.1) is 0 Å². The Bertz CT molecular complexity index is 978. The van der Waals surface area contributed by atoms with Gasteiger partial charge < -0.3 is 9.72 Å². The van der Waals surface area contributed by atoms with Gasteiger partial charge in [-0.1, -0.05) is 29.8 Å². The van der Waals surface area contributed by atoms with Gasteiger partial charge in [0.25, 0.3) is 5.56 Å². The van der Waals surface area contributed by atoms with E-state index >= 15 is 0 Å². The quantitative estimate of drug-likeness (QED) is 0.776. The highest BCUT2D eigenvalue weighted by molar-refractivity contribution is 5.75. The summed E-state index contributed by atoms with van der Waals surface area (Å²) in [6, 6.07) is 19.1. The zero-order valence-corrected chi connectivity index (χ0v) is 14.2. The van der Waals surface area contributed by atoms with E-state index in [1.54, 1.807) is 0 Å². The Morgan fingerprint density at radius 3 is 2.28 bits per heavy atom. The van der Waals surface area contributed by atoms with Gasteiger partial charge in [0.05, 0.1) is 6.61 Å². The predicted molar refractivity (Wildman–Crippen MR) is 98.6 cm³/mol. The molecule has 3 aromatic rings. The van der Waals surface area contributed by atoms with Gasteiger partial charge in [0.1, 0.15) is 17.4 Å². The Morgan fingerprint density at radius 2 is 1.68 bits per heavy atom. The minimum absolute atomic E-state index is 0.124. The Balaban J connectivity index is 2.12. The molecule has 0 radical (unpaired) electrons. The van der Waals surface area contributed by atoms with Crippen LogP contribution in [0.1, 0.15) is 18.1 Å². The minimum atomic E-state index is -0.385. The van der Waals surface area contributed by atoms with Crippen LogP contribution in [-0.4, -0.2) is 11.6 Å². The van der Waals surface area contributed by atoms with Gasteiger partial charge in [0.15, 0.2) is 0 Å². The Labute approximate surface area is 146 Å². The molecular weight excluding hydrogens is 312 g/mol. The first-order valence-electron chi connectivity index (χ1n) is 8.10. The molecule has 124 valence electrons. The molecule has 0 spiro atoms. The highest BCUT2D eigenvalue weighted by Gasteiger charge is 2.12. The largest absolute Gasteiger partial charge is 0.494 e. The van der Waals surface area contributed by atoms with Crippen molar-refractivity contribution in [3.8, 4) is 34.2 Å². The van der Waals surface area contributed by atoms with Crippen LogP contribution in [0, 0.1) is 18.3 Å².